The van der Waals surface area contributed by atoms with Gasteiger partial charge < -0.3 is 4.74 Å². The molecule has 2 nitrogen and oxygen atoms in total. The van der Waals surface area contributed by atoms with Gasteiger partial charge in [-0.25, -0.2) is 4.39 Å². The molecule has 1 aliphatic rings. The van der Waals surface area contributed by atoms with E-state index in [1.54, 1.807) is 0 Å². The SMILES string of the molecule is CCCCCCC1CCC(C(=O)Oc2ccc(S(F)(F)(F)(F)F)c(F)c2)CC1. The Hall–Kier alpha value is -1.38. The van der Waals surface area contributed by atoms with Gasteiger partial charge in [0.25, 0.3) is 0 Å². The molecule has 0 bridgehead atoms. The third-order valence-corrected chi connectivity index (χ3v) is 6.35. The molecule has 1 aromatic carbocycles. The van der Waals surface area contributed by atoms with Crippen molar-refractivity contribution in [1.82, 2.24) is 0 Å². The maximum Gasteiger partial charge on any atom is 0.314 e. The van der Waals surface area contributed by atoms with E-state index in [1.165, 1.54) is 19.3 Å². The molecule has 0 radical (unpaired) electrons. The van der Waals surface area contributed by atoms with E-state index in [4.69, 9.17) is 4.74 Å². The van der Waals surface area contributed by atoms with Crippen LogP contribution >= 0.6 is 10.2 Å². The number of carbonyl (C=O) groups is 1. The number of benzene rings is 1. The third kappa shape index (κ3) is 6.60. The lowest BCUT2D eigenvalue weighted by Gasteiger charge is -2.40. The van der Waals surface area contributed by atoms with E-state index in [0.717, 1.165) is 25.7 Å². The molecule has 28 heavy (non-hydrogen) atoms. The van der Waals surface area contributed by atoms with Gasteiger partial charge in [-0.1, -0.05) is 58.5 Å². The highest BCUT2D eigenvalue weighted by atomic mass is 32.5. The lowest BCUT2D eigenvalue weighted by molar-refractivity contribution is -0.140. The minimum absolute atomic E-state index is 0.0767. The molecule has 0 atom stereocenters. The smallest absolute Gasteiger partial charge is 0.314 e. The fourth-order valence-electron chi connectivity index (χ4n) is 3.60. The summed E-state index contributed by atoms with van der Waals surface area (Å²) < 4.78 is 82.1. The summed E-state index contributed by atoms with van der Waals surface area (Å²) in [7, 11) is -10.1. The van der Waals surface area contributed by atoms with E-state index < -0.39 is 38.6 Å². The molecule has 162 valence electrons. The van der Waals surface area contributed by atoms with Gasteiger partial charge in [-0.15, -0.1) is 0 Å². The number of halogens is 6. The number of hydrogen-bond donors (Lipinski definition) is 0. The molecule has 0 unspecified atom stereocenters. The Morgan fingerprint density at radius 2 is 1.68 bits per heavy atom. The molecule has 1 saturated carbocycles. The molecule has 0 aliphatic heterocycles. The lowest BCUT2D eigenvalue weighted by Crippen LogP contribution is -2.25. The van der Waals surface area contributed by atoms with E-state index in [1.807, 2.05) is 0 Å². The summed E-state index contributed by atoms with van der Waals surface area (Å²) in [6, 6.07) is 0.658. The molecule has 0 spiro atoms. The second-order valence-corrected chi connectivity index (χ2v) is 9.93. The highest BCUT2D eigenvalue weighted by Crippen LogP contribution is 3.02. The highest BCUT2D eigenvalue weighted by molar-refractivity contribution is 8.45. The average Bonchev–Trinajstić information content (AvgIpc) is 2.57. The van der Waals surface area contributed by atoms with Crippen molar-refractivity contribution >= 4 is 16.2 Å². The predicted octanol–water partition coefficient (Wildman–Crippen LogP) is 8.17. The van der Waals surface area contributed by atoms with Crippen LogP contribution in [-0.2, 0) is 4.79 Å². The topological polar surface area (TPSA) is 26.3 Å². The average molecular weight is 432 g/mol. The fraction of sp³-hybridized carbons (Fsp3) is 0.632. The second kappa shape index (κ2) is 7.80. The fourth-order valence-corrected chi connectivity index (χ4v) is 4.36. The van der Waals surface area contributed by atoms with Crippen molar-refractivity contribution < 1.29 is 33.4 Å². The molecule has 0 aromatic heterocycles. The van der Waals surface area contributed by atoms with Gasteiger partial charge in [0.2, 0.25) is 0 Å². The molecular weight excluding hydrogens is 406 g/mol. The van der Waals surface area contributed by atoms with Crippen molar-refractivity contribution in [1.29, 1.82) is 0 Å². The summed E-state index contributed by atoms with van der Waals surface area (Å²) in [6.45, 7) is 2.15. The summed E-state index contributed by atoms with van der Waals surface area (Å²) in [6.07, 6.45) is 8.77. The van der Waals surface area contributed by atoms with Crippen LogP contribution in [-0.4, -0.2) is 5.97 Å². The van der Waals surface area contributed by atoms with Gasteiger partial charge >= 0.3 is 16.2 Å². The second-order valence-electron chi connectivity index (χ2n) is 7.55. The van der Waals surface area contributed by atoms with Crippen LogP contribution in [0.5, 0.6) is 5.75 Å². The number of hydrogen-bond acceptors (Lipinski definition) is 2. The van der Waals surface area contributed by atoms with Crippen LogP contribution in [0.25, 0.3) is 0 Å². The van der Waals surface area contributed by atoms with Gasteiger partial charge in [-0.3, -0.25) is 4.79 Å². The first-order chi connectivity index (χ1) is 12.8. The Bertz CT molecular complexity index is 696. The first-order valence-electron chi connectivity index (χ1n) is 9.55. The maximum atomic E-state index is 13.6. The van der Waals surface area contributed by atoms with Crippen LogP contribution in [0.3, 0.4) is 0 Å². The first-order valence-corrected chi connectivity index (χ1v) is 11.5. The Balaban J connectivity index is 1.90. The molecule has 2 rings (SSSR count). The van der Waals surface area contributed by atoms with Gasteiger partial charge in [-0.2, -0.15) is 0 Å². The summed E-state index contributed by atoms with van der Waals surface area (Å²) in [5.41, 5.74) is 0. The highest BCUT2D eigenvalue weighted by Gasteiger charge is 2.67. The number of carbonyl (C=O) groups excluding carboxylic acids is 1. The van der Waals surface area contributed by atoms with Crippen molar-refractivity contribution in [2.24, 2.45) is 11.8 Å². The molecule has 0 saturated heterocycles. The first kappa shape index (κ1) is 22.9. The van der Waals surface area contributed by atoms with Gasteiger partial charge in [0.05, 0.1) is 5.92 Å². The number of esters is 1. The van der Waals surface area contributed by atoms with E-state index in [-0.39, 0.29) is 12.1 Å². The molecule has 0 heterocycles. The minimum atomic E-state index is -10.1. The summed E-state index contributed by atoms with van der Waals surface area (Å²) in [4.78, 5) is 9.58. The zero-order valence-electron chi connectivity index (χ0n) is 15.7. The predicted molar refractivity (Wildman–Crippen MR) is 97.6 cm³/mol. The molecule has 1 aliphatic carbocycles. The number of rotatable bonds is 8. The van der Waals surface area contributed by atoms with Gasteiger partial charge in [0.1, 0.15) is 16.5 Å². The van der Waals surface area contributed by atoms with E-state index in [0.29, 0.717) is 24.8 Å². The summed E-state index contributed by atoms with van der Waals surface area (Å²) >= 11 is 0. The van der Waals surface area contributed by atoms with Crippen molar-refractivity contribution in [3.63, 3.8) is 0 Å². The van der Waals surface area contributed by atoms with Crippen LogP contribution in [0, 0.1) is 17.7 Å². The number of ether oxygens (including phenoxy) is 1. The van der Waals surface area contributed by atoms with Crippen molar-refractivity contribution in [3.8, 4) is 5.75 Å². The van der Waals surface area contributed by atoms with Gasteiger partial charge in [0, 0.05) is 6.07 Å². The quantitative estimate of drug-likeness (QED) is 0.179. The van der Waals surface area contributed by atoms with E-state index in [2.05, 4.69) is 6.92 Å². The van der Waals surface area contributed by atoms with Crippen LogP contribution < -0.4 is 4.74 Å². The Kier molecular flexibility index (Phi) is 6.38. The molecule has 1 aromatic rings. The number of unbranched alkanes of at least 4 members (excludes halogenated alkanes) is 3. The Labute approximate surface area is 161 Å². The summed E-state index contributed by atoms with van der Waals surface area (Å²) in [5.74, 6) is -3.18. The Morgan fingerprint density at radius 3 is 2.21 bits per heavy atom. The molecule has 9 heteroatoms. The molecule has 1 fully saturated rings. The van der Waals surface area contributed by atoms with Crippen LogP contribution in [0.4, 0.5) is 23.8 Å². The van der Waals surface area contributed by atoms with Gasteiger partial charge in [-0.05, 0) is 43.7 Å². The minimum Gasteiger partial charge on any atom is -0.426 e. The van der Waals surface area contributed by atoms with Crippen LogP contribution in [0.15, 0.2) is 23.1 Å². The van der Waals surface area contributed by atoms with E-state index >= 15 is 0 Å². The maximum absolute atomic E-state index is 13.6. The van der Waals surface area contributed by atoms with Gasteiger partial charge in [0.15, 0.2) is 0 Å². The molecule has 0 N–H and O–H groups in total. The zero-order chi connectivity index (χ0) is 21.1. The lowest BCUT2D eigenvalue weighted by atomic mass is 9.80. The van der Waals surface area contributed by atoms with Crippen LogP contribution in [0.1, 0.15) is 64.7 Å². The van der Waals surface area contributed by atoms with Crippen LogP contribution in [0.2, 0.25) is 0 Å². The Morgan fingerprint density at radius 1 is 1.04 bits per heavy atom. The monoisotopic (exact) mass is 432 g/mol. The molecule has 0 amide bonds. The summed E-state index contributed by atoms with van der Waals surface area (Å²) in [5, 5.41) is 0. The normalized spacial score (nSPS) is 23.0. The molecular formula is C19H26F6O2S. The zero-order valence-corrected chi connectivity index (χ0v) is 16.6. The standard InChI is InChI=1S/C19H26F6O2S/c1-2-3-4-5-6-14-7-9-15(10-8-14)19(26)27-16-11-12-18(17(20)13-16)28(21,22,23,24)25/h11-15H,2-10H2,1H3. The van der Waals surface area contributed by atoms with Crippen molar-refractivity contribution in [3.05, 3.63) is 24.0 Å². The van der Waals surface area contributed by atoms with E-state index in [9.17, 15) is 28.6 Å². The van der Waals surface area contributed by atoms with Crippen molar-refractivity contribution in [2.75, 3.05) is 0 Å². The third-order valence-electron chi connectivity index (χ3n) is 5.18. The largest absolute Gasteiger partial charge is 0.426 e. The van der Waals surface area contributed by atoms with Crippen molar-refractivity contribution in [2.45, 2.75) is 69.6 Å².